The Morgan fingerprint density at radius 2 is 1.73 bits per heavy atom. The fraction of sp³-hybridized carbons (Fsp3) is 0.138. The summed E-state index contributed by atoms with van der Waals surface area (Å²) in [6.07, 6.45) is 1.48. The highest BCUT2D eigenvalue weighted by molar-refractivity contribution is 7.71. The third kappa shape index (κ3) is 5.06. The molecule has 0 saturated carbocycles. The number of ether oxygens (including phenoxy) is 1. The standard InChI is InChI=1S/C29H23ClN6O4S/c30-17-9-10-23(35-11-13-40-14-12-35)24(15-17)36-27(38)19-6-2-1-5-18(19)21(28(36)39)16-31-22-8-4-3-7-20(22)25-26(37)32-29(41)34-33-25/h1-10,15-16,39H,11-14H2,(H2,32,34,37,41). The summed E-state index contributed by atoms with van der Waals surface area (Å²) in [4.78, 5) is 35.7. The third-order valence-electron chi connectivity index (χ3n) is 6.84. The van der Waals surface area contributed by atoms with Gasteiger partial charge in [0, 0.05) is 40.7 Å². The minimum absolute atomic E-state index is 0.107. The number of pyridine rings is 1. The second-order valence-electron chi connectivity index (χ2n) is 9.29. The fourth-order valence-electron chi connectivity index (χ4n) is 4.91. The lowest BCUT2D eigenvalue weighted by atomic mass is 10.1. The first-order valence-corrected chi connectivity index (χ1v) is 13.5. The van der Waals surface area contributed by atoms with Crippen molar-refractivity contribution in [1.29, 1.82) is 0 Å². The third-order valence-corrected chi connectivity index (χ3v) is 7.27. The van der Waals surface area contributed by atoms with Crippen LogP contribution < -0.4 is 16.0 Å². The number of hydrogen-bond donors (Lipinski definition) is 3. The molecule has 1 aliphatic heterocycles. The Balaban J connectivity index is 1.56. The molecule has 1 fully saturated rings. The van der Waals surface area contributed by atoms with E-state index >= 15 is 0 Å². The minimum atomic E-state index is -0.463. The molecular weight excluding hydrogens is 564 g/mol. The van der Waals surface area contributed by atoms with Crippen LogP contribution in [0.2, 0.25) is 5.02 Å². The van der Waals surface area contributed by atoms with E-state index < -0.39 is 11.1 Å². The van der Waals surface area contributed by atoms with Crippen LogP contribution in [0, 0.1) is 4.77 Å². The summed E-state index contributed by atoms with van der Waals surface area (Å²) in [5.41, 5.74) is 1.63. The van der Waals surface area contributed by atoms with Gasteiger partial charge in [-0.3, -0.25) is 24.7 Å². The summed E-state index contributed by atoms with van der Waals surface area (Å²) in [5.74, 6) is -0.300. The number of morpholine rings is 1. The number of hydrogen-bond acceptors (Lipinski definition) is 8. The van der Waals surface area contributed by atoms with Crippen LogP contribution in [0.4, 0.5) is 11.4 Å². The van der Waals surface area contributed by atoms with E-state index in [9.17, 15) is 14.7 Å². The number of anilines is 1. The Morgan fingerprint density at radius 1 is 1.00 bits per heavy atom. The van der Waals surface area contributed by atoms with Crippen LogP contribution in [0.3, 0.4) is 0 Å². The van der Waals surface area contributed by atoms with Crippen molar-refractivity contribution in [3.63, 3.8) is 0 Å². The van der Waals surface area contributed by atoms with Crippen molar-refractivity contribution in [3.8, 4) is 22.8 Å². The number of rotatable bonds is 5. The summed E-state index contributed by atoms with van der Waals surface area (Å²) in [6.45, 7) is 2.34. The van der Waals surface area contributed by atoms with Gasteiger partial charge < -0.3 is 14.7 Å². The second-order valence-corrected chi connectivity index (χ2v) is 10.1. The van der Waals surface area contributed by atoms with Crippen molar-refractivity contribution >= 4 is 52.2 Å². The molecule has 0 amide bonds. The number of nitrogens with one attached hydrogen (secondary N) is 2. The van der Waals surface area contributed by atoms with E-state index in [0.29, 0.717) is 64.6 Å². The fourth-order valence-corrected chi connectivity index (χ4v) is 5.22. The van der Waals surface area contributed by atoms with E-state index in [-0.39, 0.29) is 16.3 Å². The molecule has 0 spiro atoms. The summed E-state index contributed by atoms with van der Waals surface area (Å²) >= 11 is 11.4. The Morgan fingerprint density at radius 3 is 2.51 bits per heavy atom. The van der Waals surface area contributed by atoms with Crippen LogP contribution in [-0.4, -0.2) is 57.4 Å². The highest BCUT2D eigenvalue weighted by Gasteiger charge is 2.22. The summed E-state index contributed by atoms with van der Waals surface area (Å²) in [5, 5.41) is 19.7. The zero-order valence-electron chi connectivity index (χ0n) is 21.5. The monoisotopic (exact) mass is 586 g/mol. The van der Waals surface area contributed by atoms with Crippen LogP contribution >= 0.6 is 23.8 Å². The molecule has 0 radical (unpaired) electrons. The zero-order chi connectivity index (χ0) is 28.5. The summed E-state index contributed by atoms with van der Waals surface area (Å²) in [6, 6.07) is 19.2. The Bertz CT molecular complexity index is 1990. The molecule has 6 rings (SSSR count). The molecule has 0 aliphatic carbocycles. The molecule has 2 aromatic heterocycles. The van der Waals surface area contributed by atoms with Crippen LogP contribution in [0.1, 0.15) is 5.56 Å². The number of aromatic hydroxyl groups is 1. The summed E-state index contributed by atoms with van der Waals surface area (Å²) in [7, 11) is 0. The predicted octanol–water partition coefficient (Wildman–Crippen LogP) is 4.74. The first-order chi connectivity index (χ1) is 19.9. The smallest absolute Gasteiger partial charge is 0.278 e. The normalized spacial score (nSPS) is 13.7. The molecule has 12 heteroatoms. The maximum atomic E-state index is 13.8. The molecule has 0 atom stereocenters. The topological polar surface area (TPSA) is 129 Å². The van der Waals surface area contributed by atoms with E-state index in [0.717, 1.165) is 5.69 Å². The van der Waals surface area contributed by atoms with Crippen LogP contribution in [0.25, 0.3) is 27.7 Å². The number of benzene rings is 3. The SMILES string of the molecule is O=c1[nH]c(=S)[nH]nc1-c1ccccc1N=Cc1c(O)n(-c2cc(Cl)ccc2N2CCOCC2)c(=O)c2ccccc12. The molecule has 206 valence electrons. The number of halogens is 1. The first kappa shape index (κ1) is 26.6. The number of para-hydroxylation sites is 1. The maximum Gasteiger partial charge on any atom is 0.278 e. The lowest BCUT2D eigenvalue weighted by Gasteiger charge is -2.31. The van der Waals surface area contributed by atoms with Crippen molar-refractivity contribution in [2.45, 2.75) is 0 Å². The van der Waals surface area contributed by atoms with Gasteiger partial charge in [0.25, 0.3) is 11.1 Å². The highest BCUT2D eigenvalue weighted by atomic mass is 35.5. The first-order valence-electron chi connectivity index (χ1n) is 12.7. The van der Waals surface area contributed by atoms with Crippen LogP contribution in [-0.2, 0) is 4.74 Å². The van der Waals surface area contributed by atoms with Gasteiger partial charge in [0.05, 0.1) is 35.8 Å². The highest BCUT2D eigenvalue weighted by Crippen LogP contribution is 2.34. The molecular formula is C29H23ClN6O4S. The van der Waals surface area contributed by atoms with Gasteiger partial charge in [0.1, 0.15) is 0 Å². The Kier molecular flexibility index (Phi) is 7.23. The van der Waals surface area contributed by atoms with Gasteiger partial charge in [-0.15, -0.1) is 0 Å². The maximum absolute atomic E-state index is 13.8. The van der Waals surface area contributed by atoms with Crippen LogP contribution in [0.5, 0.6) is 5.88 Å². The molecule has 41 heavy (non-hydrogen) atoms. The van der Waals surface area contributed by atoms with E-state index in [4.69, 9.17) is 28.6 Å². The van der Waals surface area contributed by atoms with Crippen molar-refractivity contribution in [3.05, 3.63) is 103 Å². The Labute approximate surface area is 243 Å². The van der Waals surface area contributed by atoms with Crippen molar-refractivity contribution < 1.29 is 9.84 Å². The van der Waals surface area contributed by atoms with Crippen molar-refractivity contribution in [2.75, 3.05) is 31.2 Å². The van der Waals surface area contributed by atoms with Crippen molar-refractivity contribution in [1.82, 2.24) is 19.7 Å². The van der Waals surface area contributed by atoms with Gasteiger partial charge in [0.2, 0.25) is 5.88 Å². The van der Waals surface area contributed by atoms with E-state index in [1.165, 1.54) is 10.8 Å². The van der Waals surface area contributed by atoms with E-state index in [2.05, 4.69) is 25.1 Å². The molecule has 1 aliphatic rings. The molecule has 3 heterocycles. The predicted molar refractivity (Wildman–Crippen MR) is 162 cm³/mol. The quantitative estimate of drug-likeness (QED) is 0.200. The lowest BCUT2D eigenvalue weighted by molar-refractivity contribution is 0.122. The van der Waals surface area contributed by atoms with E-state index in [1.54, 1.807) is 60.7 Å². The lowest BCUT2D eigenvalue weighted by Crippen LogP contribution is -2.37. The van der Waals surface area contributed by atoms with Gasteiger partial charge in [-0.2, -0.15) is 5.10 Å². The molecule has 10 nitrogen and oxygen atoms in total. The van der Waals surface area contributed by atoms with Gasteiger partial charge >= 0.3 is 0 Å². The summed E-state index contributed by atoms with van der Waals surface area (Å²) < 4.78 is 6.87. The minimum Gasteiger partial charge on any atom is -0.494 e. The molecule has 1 saturated heterocycles. The van der Waals surface area contributed by atoms with Gasteiger partial charge in [-0.25, -0.2) is 4.57 Å². The van der Waals surface area contributed by atoms with E-state index in [1.807, 2.05) is 6.07 Å². The largest absolute Gasteiger partial charge is 0.494 e. The molecule has 0 unspecified atom stereocenters. The number of aromatic amines is 2. The van der Waals surface area contributed by atoms with Crippen LogP contribution in [0.15, 0.2) is 81.3 Å². The van der Waals surface area contributed by atoms with Gasteiger partial charge in [-0.1, -0.05) is 48.0 Å². The van der Waals surface area contributed by atoms with Crippen molar-refractivity contribution in [2.24, 2.45) is 4.99 Å². The van der Waals surface area contributed by atoms with Gasteiger partial charge in [-0.05, 0) is 42.5 Å². The average Bonchev–Trinajstić information content (AvgIpc) is 2.98. The Hall–Kier alpha value is -4.58. The number of fused-ring (bicyclic) bond motifs is 1. The average molecular weight is 587 g/mol. The molecule has 3 aromatic carbocycles. The zero-order valence-corrected chi connectivity index (χ0v) is 23.1. The second kappa shape index (κ2) is 11.1. The number of aliphatic imine (C=N–C) groups is 1. The molecule has 3 N–H and O–H groups in total. The van der Waals surface area contributed by atoms with Gasteiger partial charge in [0.15, 0.2) is 10.5 Å². The number of aromatic nitrogens is 4. The number of H-pyrrole nitrogens is 2. The molecule has 5 aromatic rings. The number of nitrogens with zero attached hydrogens (tertiary/aromatic N) is 4. The molecule has 0 bridgehead atoms.